The molecule has 124 valence electrons. The fourth-order valence-electron chi connectivity index (χ4n) is 4.06. The van der Waals surface area contributed by atoms with E-state index < -0.39 is 5.92 Å². The Morgan fingerprint density at radius 2 is 1.65 bits per heavy atom. The molecule has 0 N–H and O–H groups in total. The van der Waals surface area contributed by atoms with Crippen LogP contribution in [0.1, 0.15) is 53.9 Å². The highest BCUT2D eigenvalue weighted by atomic mass is 16.5. The monoisotopic (exact) mass is 314 g/mol. The molecule has 1 heterocycles. The van der Waals surface area contributed by atoms with Gasteiger partial charge in [0.15, 0.2) is 5.78 Å². The molecular weight excluding hydrogens is 288 g/mol. The first-order valence-electron chi connectivity index (χ1n) is 8.69. The summed E-state index contributed by atoms with van der Waals surface area (Å²) < 4.78 is 5.39. The fraction of sp³-hybridized carbons (Fsp3) is 0.600. The summed E-state index contributed by atoms with van der Waals surface area (Å²) in [4.78, 5) is 25.4. The van der Waals surface area contributed by atoms with Gasteiger partial charge in [-0.1, -0.05) is 12.1 Å². The van der Waals surface area contributed by atoms with Crippen molar-refractivity contribution in [3.63, 3.8) is 0 Å². The molecule has 1 saturated heterocycles. The van der Waals surface area contributed by atoms with Crippen LogP contribution >= 0.6 is 0 Å². The van der Waals surface area contributed by atoms with Crippen LogP contribution in [-0.2, 0) is 14.3 Å². The van der Waals surface area contributed by atoms with Gasteiger partial charge < -0.3 is 4.74 Å². The van der Waals surface area contributed by atoms with Gasteiger partial charge in [0, 0.05) is 25.6 Å². The van der Waals surface area contributed by atoms with E-state index >= 15 is 0 Å². The van der Waals surface area contributed by atoms with Crippen molar-refractivity contribution in [3.05, 3.63) is 34.4 Å². The van der Waals surface area contributed by atoms with Crippen molar-refractivity contribution < 1.29 is 14.3 Å². The maximum atomic E-state index is 12.9. The number of aryl methyl sites for hydroxylation is 3. The molecule has 2 fully saturated rings. The fourth-order valence-corrected chi connectivity index (χ4v) is 4.06. The van der Waals surface area contributed by atoms with Gasteiger partial charge in [-0.25, -0.2) is 0 Å². The Morgan fingerprint density at radius 3 is 2.35 bits per heavy atom. The Hall–Kier alpha value is -1.48. The molecule has 2 atom stereocenters. The predicted molar refractivity (Wildman–Crippen MR) is 89.7 cm³/mol. The second-order valence-electron chi connectivity index (χ2n) is 7.29. The van der Waals surface area contributed by atoms with E-state index in [0.29, 0.717) is 12.3 Å². The van der Waals surface area contributed by atoms with Crippen molar-refractivity contribution in [1.82, 2.24) is 0 Å². The molecular formula is C20H26O3. The highest BCUT2D eigenvalue weighted by Gasteiger charge is 2.43. The molecule has 0 radical (unpaired) electrons. The lowest BCUT2D eigenvalue weighted by Crippen LogP contribution is -2.22. The normalized spacial score (nSPS) is 26.0. The molecule has 2 unspecified atom stereocenters. The maximum Gasteiger partial charge on any atom is 0.151 e. The zero-order valence-corrected chi connectivity index (χ0v) is 14.4. The second-order valence-corrected chi connectivity index (χ2v) is 7.29. The highest BCUT2D eigenvalue weighted by molar-refractivity contribution is 6.14. The first-order chi connectivity index (χ1) is 11.0. The van der Waals surface area contributed by atoms with Crippen molar-refractivity contribution >= 4 is 11.6 Å². The van der Waals surface area contributed by atoms with Gasteiger partial charge >= 0.3 is 0 Å². The summed E-state index contributed by atoms with van der Waals surface area (Å²) in [5.41, 5.74) is 4.35. The number of Topliss-reactive ketones (excluding diaryl/α,β-unsaturated/α-hetero) is 2. The van der Waals surface area contributed by atoms with Crippen LogP contribution in [0.5, 0.6) is 0 Å². The Balaban J connectivity index is 1.80. The van der Waals surface area contributed by atoms with E-state index in [4.69, 9.17) is 4.74 Å². The SMILES string of the molecule is Cc1cc(C)c(C2C(=O)CC(CC3CCOCC3)C2=O)cc1C. The topological polar surface area (TPSA) is 43.4 Å². The lowest BCUT2D eigenvalue weighted by molar-refractivity contribution is -0.125. The third-order valence-corrected chi connectivity index (χ3v) is 5.61. The molecule has 0 spiro atoms. The van der Waals surface area contributed by atoms with Crippen LogP contribution in [0.25, 0.3) is 0 Å². The summed E-state index contributed by atoms with van der Waals surface area (Å²) in [7, 11) is 0. The molecule has 3 heteroatoms. The Morgan fingerprint density at radius 1 is 1.00 bits per heavy atom. The van der Waals surface area contributed by atoms with Crippen molar-refractivity contribution in [3.8, 4) is 0 Å². The van der Waals surface area contributed by atoms with E-state index in [0.717, 1.165) is 49.2 Å². The van der Waals surface area contributed by atoms with E-state index in [1.807, 2.05) is 19.9 Å². The minimum atomic E-state index is -0.529. The van der Waals surface area contributed by atoms with Crippen LogP contribution in [0.15, 0.2) is 12.1 Å². The lowest BCUT2D eigenvalue weighted by atomic mass is 9.85. The van der Waals surface area contributed by atoms with E-state index in [-0.39, 0.29) is 17.5 Å². The molecule has 3 rings (SSSR count). The van der Waals surface area contributed by atoms with Gasteiger partial charge in [-0.05, 0) is 68.2 Å². The van der Waals surface area contributed by atoms with Crippen LogP contribution < -0.4 is 0 Å². The number of carbonyl (C=O) groups is 2. The van der Waals surface area contributed by atoms with E-state index in [9.17, 15) is 9.59 Å². The molecule has 0 aromatic heterocycles. The number of ketones is 2. The summed E-state index contributed by atoms with van der Waals surface area (Å²) in [6.45, 7) is 7.70. The Kier molecular flexibility index (Phi) is 4.67. The van der Waals surface area contributed by atoms with Crippen LogP contribution in [-0.4, -0.2) is 24.8 Å². The largest absolute Gasteiger partial charge is 0.381 e. The average Bonchev–Trinajstić information content (AvgIpc) is 2.79. The third kappa shape index (κ3) is 3.25. The summed E-state index contributed by atoms with van der Waals surface area (Å²) in [6.07, 6.45) is 3.32. The molecule has 0 amide bonds. The molecule has 0 bridgehead atoms. The lowest BCUT2D eigenvalue weighted by Gasteiger charge is -2.24. The number of carbonyl (C=O) groups excluding carboxylic acids is 2. The summed E-state index contributed by atoms with van der Waals surface area (Å²) in [5, 5.41) is 0. The number of benzene rings is 1. The van der Waals surface area contributed by atoms with Crippen LogP contribution in [0, 0.1) is 32.6 Å². The van der Waals surface area contributed by atoms with Gasteiger partial charge in [-0.15, -0.1) is 0 Å². The Bertz CT molecular complexity index is 626. The summed E-state index contributed by atoms with van der Waals surface area (Å²) in [5.74, 6) is 0.173. The van der Waals surface area contributed by atoms with Crippen molar-refractivity contribution in [2.24, 2.45) is 11.8 Å². The van der Waals surface area contributed by atoms with Gasteiger partial charge in [0.05, 0.1) is 0 Å². The molecule has 1 saturated carbocycles. The number of rotatable bonds is 3. The zero-order chi connectivity index (χ0) is 16.6. The molecule has 1 aliphatic carbocycles. The van der Waals surface area contributed by atoms with Gasteiger partial charge in [-0.3, -0.25) is 9.59 Å². The smallest absolute Gasteiger partial charge is 0.151 e. The zero-order valence-electron chi connectivity index (χ0n) is 14.4. The van der Waals surface area contributed by atoms with Gasteiger partial charge in [0.2, 0.25) is 0 Å². The van der Waals surface area contributed by atoms with Crippen molar-refractivity contribution in [2.45, 2.75) is 52.4 Å². The molecule has 3 nitrogen and oxygen atoms in total. The van der Waals surface area contributed by atoms with Gasteiger partial charge in [-0.2, -0.15) is 0 Å². The predicted octanol–water partition coefficient (Wildman–Crippen LogP) is 3.67. The van der Waals surface area contributed by atoms with E-state index in [1.54, 1.807) is 0 Å². The minimum Gasteiger partial charge on any atom is -0.381 e. The summed E-state index contributed by atoms with van der Waals surface area (Å²) in [6, 6.07) is 4.14. The van der Waals surface area contributed by atoms with E-state index in [2.05, 4.69) is 13.0 Å². The number of hydrogen-bond donors (Lipinski definition) is 0. The second kappa shape index (κ2) is 6.56. The molecule has 1 aromatic rings. The Labute approximate surface area is 138 Å². The van der Waals surface area contributed by atoms with Crippen molar-refractivity contribution in [1.29, 1.82) is 0 Å². The van der Waals surface area contributed by atoms with Crippen LogP contribution in [0.4, 0.5) is 0 Å². The molecule has 23 heavy (non-hydrogen) atoms. The van der Waals surface area contributed by atoms with Gasteiger partial charge in [0.1, 0.15) is 11.7 Å². The maximum absolute atomic E-state index is 12.9. The summed E-state index contributed by atoms with van der Waals surface area (Å²) >= 11 is 0. The first-order valence-corrected chi connectivity index (χ1v) is 8.69. The van der Waals surface area contributed by atoms with E-state index in [1.165, 1.54) is 5.56 Å². The quantitative estimate of drug-likeness (QED) is 0.800. The number of ether oxygens (including phenoxy) is 1. The standard InChI is InChI=1S/C20H26O3/c1-12-8-14(3)17(9-13(12)2)19-18(21)11-16(20(19)22)10-15-4-6-23-7-5-15/h8-9,15-16,19H,4-7,10-11H2,1-3H3. The third-order valence-electron chi connectivity index (χ3n) is 5.61. The van der Waals surface area contributed by atoms with Crippen molar-refractivity contribution in [2.75, 3.05) is 13.2 Å². The van der Waals surface area contributed by atoms with Crippen LogP contribution in [0.2, 0.25) is 0 Å². The molecule has 2 aliphatic rings. The number of hydrogen-bond acceptors (Lipinski definition) is 3. The van der Waals surface area contributed by atoms with Crippen LogP contribution in [0.3, 0.4) is 0 Å². The van der Waals surface area contributed by atoms with Gasteiger partial charge in [0.25, 0.3) is 0 Å². The molecule has 1 aromatic carbocycles. The average molecular weight is 314 g/mol. The first kappa shape index (κ1) is 16.4. The minimum absolute atomic E-state index is 0.0865. The molecule has 1 aliphatic heterocycles. The highest BCUT2D eigenvalue weighted by Crippen LogP contribution is 2.38.